The van der Waals surface area contributed by atoms with Gasteiger partial charge < -0.3 is 19.8 Å². The molecule has 0 saturated carbocycles. The molecule has 2 aromatic heterocycles. The van der Waals surface area contributed by atoms with Crippen LogP contribution in [0, 0.1) is 0 Å². The van der Waals surface area contributed by atoms with Gasteiger partial charge in [0.2, 0.25) is 5.95 Å². The number of benzene rings is 1. The SMILES string of the molecule is COc1cc(OC)c2cc(CCCNc3ncccn3)[nH]c2c1. The molecule has 2 heterocycles. The first-order chi connectivity index (χ1) is 11.3. The Bertz CT molecular complexity index is 771. The van der Waals surface area contributed by atoms with E-state index in [0.29, 0.717) is 5.95 Å². The summed E-state index contributed by atoms with van der Waals surface area (Å²) in [4.78, 5) is 11.7. The van der Waals surface area contributed by atoms with Gasteiger partial charge in [-0.2, -0.15) is 0 Å². The molecular weight excluding hydrogens is 292 g/mol. The Kier molecular flexibility index (Phi) is 4.61. The summed E-state index contributed by atoms with van der Waals surface area (Å²) in [6.07, 6.45) is 5.36. The molecule has 0 amide bonds. The number of rotatable bonds is 7. The second-order valence-corrected chi connectivity index (χ2v) is 5.19. The molecule has 0 fully saturated rings. The summed E-state index contributed by atoms with van der Waals surface area (Å²) in [5.74, 6) is 2.26. The van der Waals surface area contributed by atoms with E-state index in [9.17, 15) is 0 Å². The Morgan fingerprint density at radius 3 is 2.65 bits per heavy atom. The van der Waals surface area contributed by atoms with Crippen molar-refractivity contribution in [3.8, 4) is 11.5 Å². The summed E-state index contributed by atoms with van der Waals surface area (Å²) in [6.45, 7) is 0.819. The zero-order chi connectivity index (χ0) is 16.1. The number of nitrogens with zero attached hydrogens (tertiary/aromatic N) is 2. The van der Waals surface area contributed by atoms with Crippen LogP contribution in [0.2, 0.25) is 0 Å². The van der Waals surface area contributed by atoms with Crippen LogP contribution in [-0.4, -0.2) is 35.7 Å². The molecule has 120 valence electrons. The number of fused-ring (bicyclic) bond motifs is 1. The number of H-pyrrole nitrogens is 1. The fourth-order valence-corrected chi connectivity index (χ4v) is 2.53. The van der Waals surface area contributed by atoms with Crippen molar-refractivity contribution in [2.45, 2.75) is 12.8 Å². The Morgan fingerprint density at radius 1 is 1.09 bits per heavy atom. The maximum absolute atomic E-state index is 5.44. The summed E-state index contributed by atoms with van der Waals surface area (Å²) < 4.78 is 10.7. The van der Waals surface area contributed by atoms with E-state index in [0.717, 1.165) is 41.8 Å². The van der Waals surface area contributed by atoms with Crippen LogP contribution in [0.15, 0.2) is 36.7 Å². The van der Waals surface area contributed by atoms with Gasteiger partial charge in [0, 0.05) is 42.2 Å². The number of methoxy groups -OCH3 is 2. The highest BCUT2D eigenvalue weighted by Gasteiger charge is 2.09. The molecule has 0 spiro atoms. The molecule has 0 radical (unpaired) electrons. The highest BCUT2D eigenvalue weighted by molar-refractivity contribution is 5.88. The fourth-order valence-electron chi connectivity index (χ4n) is 2.53. The van der Waals surface area contributed by atoms with E-state index in [-0.39, 0.29) is 0 Å². The van der Waals surface area contributed by atoms with Crippen molar-refractivity contribution >= 4 is 16.9 Å². The summed E-state index contributed by atoms with van der Waals surface area (Å²) in [7, 11) is 3.33. The molecule has 0 unspecified atom stereocenters. The van der Waals surface area contributed by atoms with Gasteiger partial charge in [0.15, 0.2) is 0 Å². The Labute approximate surface area is 134 Å². The molecule has 6 heteroatoms. The largest absolute Gasteiger partial charge is 0.497 e. The molecule has 0 aliphatic heterocycles. The van der Waals surface area contributed by atoms with Crippen molar-refractivity contribution in [3.63, 3.8) is 0 Å². The van der Waals surface area contributed by atoms with Crippen LogP contribution in [0.1, 0.15) is 12.1 Å². The van der Waals surface area contributed by atoms with Crippen LogP contribution >= 0.6 is 0 Å². The summed E-state index contributed by atoms with van der Waals surface area (Å²) in [5.41, 5.74) is 2.19. The van der Waals surface area contributed by atoms with Gasteiger partial charge in [-0.25, -0.2) is 9.97 Å². The molecule has 3 aromatic rings. The number of aromatic nitrogens is 3. The minimum absolute atomic E-state index is 0.663. The third-order valence-electron chi connectivity index (χ3n) is 3.66. The van der Waals surface area contributed by atoms with Crippen LogP contribution in [0.5, 0.6) is 11.5 Å². The van der Waals surface area contributed by atoms with E-state index in [1.165, 1.54) is 5.69 Å². The zero-order valence-corrected chi connectivity index (χ0v) is 13.3. The van der Waals surface area contributed by atoms with Gasteiger partial charge >= 0.3 is 0 Å². The lowest BCUT2D eigenvalue weighted by molar-refractivity contribution is 0.398. The minimum atomic E-state index is 0.663. The van der Waals surface area contributed by atoms with Crippen molar-refractivity contribution in [2.75, 3.05) is 26.1 Å². The normalized spacial score (nSPS) is 10.7. The number of aromatic amines is 1. The highest BCUT2D eigenvalue weighted by atomic mass is 16.5. The molecule has 0 bridgehead atoms. The lowest BCUT2D eigenvalue weighted by Gasteiger charge is -2.04. The lowest BCUT2D eigenvalue weighted by Crippen LogP contribution is -2.05. The van der Waals surface area contributed by atoms with E-state index < -0.39 is 0 Å². The second kappa shape index (κ2) is 7.00. The number of hydrogen-bond acceptors (Lipinski definition) is 5. The Hall–Kier alpha value is -2.76. The Balaban J connectivity index is 1.64. The molecule has 3 rings (SSSR count). The van der Waals surface area contributed by atoms with Crippen molar-refractivity contribution in [1.29, 1.82) is 0 Å². The van der Waals surface area contributed by atoms with Gasteiger partial charge in [-0.05, 0) is 25.0 Å². The maximum Gasteiger partial charge on any atom is 0.222 e. The zero-order valence-electron chi connectivity index (χ0n) is 13.3. The third-order valence-corrected chi connectivity index (χ3v) is 3.66. The highest BCUT2D eigenvalue weighted by Crippen LogP contribution is 2.31. The average molecular weight is 312 g/mol. The van der Waals surface area contributed by atoms with E-state index >= 15 is 0 Å². The van der Waals surface area contributed by atoms with Crippen LogP contribution < -0.4 is 14.8 Å². The second-order valence-electron chi connectivity index (χ2n) is 5.19. The van der Waals surface area contributed by atoms with Gasteiger partial charge in [0.1, 0.15) is 11.5 Å². The van der Waals surface area contributed by atoms with Gasteiger partial charge in [-0.1, -0.05) is 0 Å². The van der Waals surface area contributed by atoms with E-state index in [4.69, 9.17) is 9.47 Å². The standard InChI is InChI=1S/C17H20N4O2/c1-22-13-10-15-14(16(11-13)23-2)9-12(21-15)5-3-6-18-17-19-7-4-8-20-17/h4,7-11,21H,3,5-6H2,1-2H3,(H,18,19,20). The number of hydrogen-bond donors (Lipinski definition) is 2. The molecular formula is C17H20N4O2. The van der Waals surface area contributed by atoms with Crippen molar-refractivity contribution in [1.82, 2.24) is 15.0 Å². The lowest BCUT2D eigenvalue weighted by atomic mass is 10.2. The molecule has 0 saturated heterocycles. The molecule has 0 atom stereocenters. The number of ether oxygens (including phenoxy) is 2. The summed E-state index contributed by atoms with van der Waals surface area (Å²) in [6, 6.07) is 7.82. The first-order valence-corrected chi connectivity index (χ1v) is 7.54. The monoisotopic (exact) mass is 312 g/mol. The fraction of sp³-hybridized carbons (Fsp3) is 0.294. The molecule has 0 aliphatic rings. The molecule has 2 N–H and O–H groups in total. The van der Waals surface area contributed by atoms with E-state index in [1.807, 2.05) is 12.1 Å². The van der Waals surface area contributed by atoms with Gasteiger partial charge in [0.25, 0.3) is 0 Å². The first-order valence-electron chi connectivity index (χ1n) is 7.54. The van der Waals surface area contributed by atoms with Crippen molar-refractivity contribution in [3.05, 3.63) is 42.4 Å². The predicted molar refractivity (Wildman–Crippen MR) is 90.2 cm³/mol. The quantitative estimate of drug-likeness (QED) is 0.656. The van der Waals surface area contributed by atoms with E-state index in [2.05, 4.69) is 26.3 Å². The van der Waals surface area contributed by atoms with Gasteiger partial charge in [0.05, 0.1) is 19.7 Å². The number of aryl methyl sites for hydroxylation is 1. The smallest absolute Gasteiger partial charge is 0.222 e. The van der Waals surface area contributed by atoms with Crippen LogP contribution in [0.3, 0.4) is 0 Å². The third kappa shape index (κ3) is 3.53. The molecule has 6 nitrogen and oxygen atoms in total. The number of nitrogens with one attached hydrogen (secondary N) is 2. The molecule has 23 heavy (non-hydrogen) atoms. The van der Waals surface area contributed by atoms with Crippen molar-refractivity contribution in [2.24, 2.45) is 0 Å². The summed E-state index contributed by atoms with van der Waals surface area (Å²) >= 11 is 0. The van der Waals surface area contributed by atoms with Gasteiger partial charge in [-0.15, -0.1) is 0 Å². The summed E-state index contributed by atoms with van der Waals surface area (Å²) in [5, 5.41) is 4.28. The van der Waals surface area contributed by atoms with Crippen molar-refractivity contribution < 1.29 is 9.47 Å². The van der Waals surface area contributed by atoms with Crippen LogP contribution in [0.25, 0.3) is 10.9 Å². The molecule has 0 aliphatic carbocycles. The average Bonchev–Trinajstić information content (AvgIpc) is 3.01. The van der Waals surface area contributed by atoms with E-state index in [1.54, 1.807) is 32.7 Å². The topological polar surface area (TPSA) is 72.1 Å². The van der Waals surface area contributed by atoms with Crippen LogP contribution in [-0.2, 0) is 6.42 Å². The van der Waals surface area contributed by atoms with Crippen LogP contribution in [0.4, 0.5) is 5.95 Å². The predicted octanol–water partition coefficient (Wildman–Crippen LogP) is 3.02. The Morgan fingerprint density at radius 2 is 1.91 bits per heavy atom. The molecule has 1 aromatic carbocycles. The maximum atomic E-state index is 5.44. The first kappa shape index (κ1) is 15.1. The van der Waals surface area contributed by atoms with Gasteiger partial charge in [-0.3, -0.25) is 0 Å². The minimum Gasteiger partial charge on any atom is -0.497 e. The number of anilines is 1.